The van der Waals surface area contributed by atoms with Gasteiger partial charge in [0, 0.05) is 24.1 Å². The monoisotopic (exact) mass is 378 g/mol. The van der Waals surface area contributed by atoms with Crippen molar-refractivity contribution >= 4 is 0 Å². The number of aromatic hydroxyl groups is 1. The van der Waals surface area contributed by atoms with E-state index in [1.165, 1.54) is 41.6 Å². The van der Waals surface area contributed by atoms with Crippen molar-refractivity contribution in [2.75, 3.05) is 35.5 Å². The zero-order valence-corrected chi connectivity index (χ0v) is 16.2. The molecule has 0 fully saturated rings. The van der Waals surface area contributed by atoms with Crippen LogP contribution < -0.4 is 23.7 Å². The molecule has 2 N–H and O–H groups in total. The second-order valence-corrected chi connectivity index (χ2v) is 5.92. The standard InChI is InChI=1S/C20H26O7/c1-23-14-10-16(22)15(17(11-14)24-2)9-13(21)6-12-7-18(25-3)20(27-5)19(8-12)26-4/h7-8,10-11,13,21-22H,6,9H2,1-5H3/t13-/m1/s1. The van der Waals surface area contributed by atoms with E-state index >= 15 is 0 Å². The molecule has 0 aliphatic rings. The second kappa shape index (κ2) is 9.23. The summed E-state index contributed by atoms with van der Waals surface area (Å²) >= 11 is 0. The Balaban J connectivity index is 2.25. The zero-order chi connectivity index (χ0) is 20.0. The van der Waals surface area contributed by atoms with Gasteiger partial charge in [0.25, 0.3) is 0 Å². The van der Waals surface area contributed by atoms with Gasteiger partial charge >= 0.3 is 0 Å². The van der Waals surface area contributed by atoms with E-state index in [2.05, 4.69) is 0 Å². The van der Waals surface area contributed by atoms with Crippen LogP contribution in [0.3, 0.4) is 0 Å². The third-order valence-corrected chi connectivity index (χ3v) is 4.25. The van der Waals surface area contributed by atoms with Crippen LogP contribution in [0.15, 0.2) is 24.3 Å². The Morgan fingerprint density at radius 3 is 1.81 bits per heavy atom. The predicted octanol–water partition coefficient (Wildman–Crippen LogP) is 2.58. The second-order valence-electron chi connectivity index (χ2n) is 5.92. The van der Waals surface area contributed by atoms with E-state index in [4.69, 9.17) is 23.7 Å². The lowest BCUT2D eigenvalue weighted by atomic mass is 9.99. The van der Waals surface area contributed by atoms with Gasteiger partial charge in [-0.2, -0.15) is 0 Å². The average Bonchev–Trinajstić information content (AvgIpc) is 2.68. The van der Waals surface area contributed by atoms with Crippen molar-refractivity contribution < 1.29 is 33.9 Å². The SMILES string of the molecule is COc1cc(O)c(C[C@H](O)Cc2cc(OC)c(OC)c(OC)c2)c(OC)c1. The van der Waals surface area contributed by atoms with Crippen molar-refractivity contribution in [2.24, 2.45) is 0 Å². The Morgan fingerprint density at radius 1 is 0.741 bits per heavy atom. The number of aliphatic hydroxyl groups excluding tert-OH is 1. The molecule has 1 atom stereocenters. The van der Waals surface area contributed by atoms with Gasteiger partial charge in [-0.05, 0) is 24.1 Å². The molecule has 148 valence electrons. The van der Waals surface area contributed by atoms with Gasteiger partial charge < -0.3 is 33.9 Å². The van der Waals surface area contributed by atoms with E-state index in [1.807, 2.05) is 0 Å². The van der Waals surface area contributed by atoms with Crippen molar-refractivity contribution in [3.8, 4) is 34.5 Å². The highest BCUT2D eigenvalue weighted by molar-refractivity contribution is 5.54. The molecule has 0 heterocycles. The van der Waals surface area contributed by atoms with Gasteiger partial charge in [0.1, 0.15) is 17.2 Å². The molecule has 7 nitrogen and oxygen atoms in total. The minimum Gasteiger partial charge on any atom is -0.507 e. The van der Waals surface area contributed by atoms with Crippen LogP contribution in [0.4, 0.5) is 0 Å². The van der Waals surface area contributed by atoms with E-state index in [0.717, 1.165) is 5.56 Å². The van der Waals surface area contributed by atoms with Gasteiger partial charge in [-0.3, -0.25) is 0 Å². The molecule has 0 saturated heterocycles. The third kappa shape index (κ3) is 4.68. The molecular formula is C20H26O7. The van der Waals surface area contributed by atoms with Gasteiger partial charge in [-0.15, -0.1) is 0 Å². The lowest BCUT2D eigenvalue weighted by Gasteiger charge is -2.18. The van der Waals surface area contributed by atoms with Crippen LogP contribution in [0, 0.1) is 0 Å². The zero-order valence-electron chi connectivity index (χ0n) is 16.2. The summed E-state index contributed by atoms with van der Waals surface area (Å²) in [6.07, 6.45) is -0.234. The number of benzene rings is 2. The molecule has 0 aromatic heterocycles. The largest absolute Gasteiger partial charge is 0.507 e. The molecule has 0 radical (unpaired) electrons. The molecular weight excluding hydrogens is 352 g/mol. The maximum absolute atomic E-state index is 10.6. The van der Waals surface area contributed by atoms with Gasteiger partial charge in [-0.1, -0.05) is 0 Å². The number of phenols is 1. The number of ether oxygens (including phenoxy) is 5. The highest BCUT2D eigenvalue weighted by Gasteiger charge is 2.19. The maximum atomic E-state index is 10.6. The van der Waals surface area contributed by atoms with Gasteiger partial charge in [0.05, 0.1) is 41.7 Å². The Morgan fingerprint density at radius 2 is 1.33 bits per heavy atom. The number of hydrogen-bond acceptors (Lipinski definition) is 7. The summed E-state index contributed by atoms with van der Waals surface area (Å²) in [5, 5.41) is 20.8. The van der Waals surface area contributed by atoms with Gasteiger partial charge in [0.15, 0.2) is 11.5 Å². The smallest absolute Gasteiger partial charge is 0.203 e. The van der Waals surface area contributed by atoms with Crippen LogP contribution in [0.2, 0.25) is 0 Å². The Labute approximate surface area is 159 Å². The third-order valence-electron chi connectivity index (χ3n) is 4.25. The number of aliphatic hydroxyl groups is 1. The molecule has 0 amide bonds. The molecule has 0 aliphatic heterocycles. The van der Waals surface area contributed by atoms with Crippen LogP contribution in [-0.2, 0) is 12.8 Å². The number of rotatable bonds is 9. The fourth-order valence-electron chi connectivity index (χ4n) is 2.94. The normalized spacial score (nSPS) is 11.6. The van der Waals surface area contributed by atoms with E-state index in [0.29, 0.717) is 40.7 Å². The fraction of sp³-hybridized carbons (Fsp3) is 0.400. The minimum absolute atomic E-state index is 0.00939. The van der Waals surface area contributed by atoms with Crippen molar-refractivity contribution in [1.82, 2.24) is 0 Å². The summed E-state index contributed by atoms with van der Waals surface area (Å²) in [7, 11) is 7.62. The highest BCUT2D eigenvalue weighted by atomic mass is 16.5. The summed E-state index contributed by atoms with van der Waals surface area (Å²) in [6.45, 7) is 0. The molecule has 0 saturated carbocycles. The van der Waals surface area contributed by atoms with Crippen LogP contribution in [0.25, 0.3) is 0 Å². The predicted molar refractivity (Wildman–Crippen MR) is 101 cm³/mol. The van der Waals surface area contributed by atoms with E-state index in [9.17, 15) is 10.2 Å². The molecule has 2 aromatic rings. The van der Waals surface area contributed by atoms with E-state index in [1.54, 1.807) is 18.2 Å². The number of hydrogen-bond donors (Lipinski definition) is 2. The first-order valence-corrected chi connectivity index (χ1v) is 8.38. The lowest BCUT2D eigenvalue weighted by Crippen LogP contribution is -2.15. The molecule has 0 aliphatic carbocycles. The molecule has 2 aromatic carbocycles. The number of phenolic OH excluding ortho intramolecular Hbond substituents is 1. The lowest BCUT2D eigenvalue weighted by molar-refractivity contribution is 0.172. The van der Waals surface area contributed by atoms with Crippen LogP contribution in [0.1, 0.15) is 11.1 Å². The molecule has 7 heteroatoms. The summed E-state index contributed by atoms with van der Waals surface area (Å²) in [5.74, 6) is 2.47. The van der Waals surface area contributed by atoms with Crippen LogP contribution in [-0.4, -0.2) is 51.9 Å². The summed E-state index contributed by atoms with van der Waals surface area (Å²) in [5.41, 5.74) is 1.32. The van der Waals surface area contributed by atoms with Gasteiger partial charge in [-0.25, -0.2) is 0 Å². The first kappa shape index (κ1) is 20.5. The molecule has 0 unspecified atom stereocenters. The Hall–Kier alpha value is -2.80. The first-order valence-electron chi connectivity index (χ1n) is 8.38. The topological polar surface area (TPSA) is 86.6 Å². The Bertz CT molecular complexity index is 748. The highest BCUT2D eigenvalue weighted by Crippen LogP contribution is 2.39. The average molecular weight is 378 g/mol. The molecule has 0 bridgehead atoms. The van der Waals surface area contributed by atoms with Crippen molar-refractivity contribution in [1.29, 1.82) is 0 Å². The molecule has 27 heavy (non-hydrogen) atoms. The van der Waals surface area contributed by atoms with E-state index in [-0.39, 0.29) is 12.2 Å². The fourth-order valence-corrected chi connectivity index (χ4v) is 2.94. The number of methoxy groups -OCH3 is 5. The van der Waals surface area contributed by atoms with Crippen LogP contribution in [0.5, 0.6) is 34.5 Å². The quantitative estimate of drug-likeness (QED) is 0.693. The summed E-state index contributed by atoms with van der Waals surface area (Å²) in [6, 6.07) is 6.73. The molecule has 2 rings (SSSR count). The first-order chi connectivity index (χ1) is 13.0. The van der Waals surface area contributed by atoms with Gasteiger partial charge in [0.2, 0.25) is 5.75 Å². The van der Waals surface area contributed by atoms with Crippen molar-refractivity contribution in [2.45, 2.75) is 18.9 Å². The maximum Gasteiger partial charge on any atom is 0.203 e. The summed E-state index contributed by atoms with van der Waals surface area (Å²) < 4.78 is 26.4. The Kier molecular flexibility index (Phi) is 7.01. The minimum atomic E-state index is -0.763. The summed E-state index contributed by atoms with van der Waals surface area (Å²) in [4.78, 5) is 0. The molecule has 0 spiro atoms. The van der Waals surface area contributed by atoms with Crippen molar-refractivity contribution in [3.63, 3.8) is 0 Å². The van der Waals surface area contributed by atoms with Crippen molar-refractivity contribution in [3.05, 3.63) is 35.4 Å². The van der Waals surface area contributed by atoms with Crippen LogP contribution >= 0.6 is 0 Å². The van der Waals surface area contributed by atoms with E-state index < -0.39 is 6.10 Å².